The molecule has 5 nitrogen and oxygen atoms in total. The third-order valence-corrected chi connectivity index (χ3v) is 6.52. The van der Waals surface area contributed by atoms with Gasteiger partial charge in [-0.1, -0.05) is 34.1 Å². The van der Waals surface area contributed by atoms with Crippen LogP contribution in [0.3, 0.4) is 0 Å². The van der Waals surface area contributed by atoms with E-state index in [1.54, 1.807) is 23.5 Å². The number of amides is 1. The Hall–Kier alpha value is -2.90. The lowest BCUT2D eigenvalue weighted by atomic mass is 9.96. The second kappa shape index (κ2) is 8.85. The van der Waals surface area contributed by atoms with Crippen LogP contribution in [-0.4, -0.2) is 5.91 Å². The minimum absolute atomic E-state index is 0.169. The van der Waals surface area contributed by atoms with E-state index < -0.39 is 0 Å². The fraction of sp³-hybridized carbons (Fsp3) is 0.130. The van der Waals surface area contributed by atoms with Crippen LogP contribution in [0.4, 0.5) is 10.8 Å². The van der Waals surface area contributed by atoms with Gasteiger partial charge in [0.2, 0.25) is 0 Å². The lowest BCUT2D eigenvalue weighted by molar-refractivity contribution is -0.361. The maximum Gasteiger partial charge on any atom is 0.291 e. The minimum atomic E-state index is -0.262. The molecule has 3 heterocycles. The van der Waals surface area contributed by atoms with E-state index >= 15 is 0 Å². The summed E-state index contributed by atoms with van der Waals surface area (Å²) in [6, 6.07) is 17.3. The molecular weight excluding hydrogens is 462 g/mol. The van der Waals surface area contributed by atoms with Gasteiger partial charge in [-0.15, -0.1) is 11.3 Å². The Bertz CT molecular complexity index is 1160. The number of halogens is 1. The number of hydrogen-bond donors (Lipinski definition) is 2. The standard InChI is InChI=1S/C23H20BrN3O2S/c1-14-15(2)30-23(27-22(28)18-9-6-12-29-18)20(14)21(16-7-5-8-17(24)13-16)26-19-10-3-4-11-25-19/h3-13,21H,1-2H3,(H,25,26)(H,27,28)/p+1/t21-/m1/s1. The summed E-state index contributed by atoms with van der Waals surface area (Å²) in [5, 5.41) is 7.45. The molecule has 4 aromatic rings. The van der Waals surface area contributed by atoms with E-state index in [2.05, 4.69) is 57.5 Å². The van der Waals surface area contributed by atoms with Gasteiger partial charge in [-0.25, -0.2) is 4.98 Å². The quantitative estimate of drug-likeness (QED) is 0.354. The lowest BCUT2D eigenvalue weighted by Crippen LogP contribution is -2.21. The van der Waals surface area contributed by atoms with Crippen molar-refractivity contribution in [2.75, 3.05) is 10.6 Å². The number of carbonyl (C=O) groups excluding carboxylic acids is 1. The molecule has 0 radical (unpaired) electrons. The Balaban J connectivity index is 1.79. The molecule has 0 fully saturated rings. The number of aryl methyl sites for hydroxylation is 1. The molecule has 0 aliphatic heterocycles. The number of nitrogens with one attached hydrogen (secondary N) is 3. The van der Waals surface area contributed by atoms with Gasteiger partial charge in [0.05, 0.1) is 12.5 Å². The summed E-state index contributed by atoms with van der Waals surface area (Å²) in [4.78, 5) is 17.1. The third kappa shape index (κ3) is 4.32. The maximum absolute atomic E-state index is 12.7. The molecule has 0 aliphatic carbocycles. The van der Waals surface area contributed by atoms with Gasteiger partial charge in [0.25, 0.3) is 11.7 Å². The van der Waals surface area contributed by atoms with Crippen molar-refractivity contribution in [1.82, 2.24) is 0 Å². The van der Waals surface area contributed by atoms with Gasteiger partial charge in [0, 0.05) is 26.5 Å². The normalized spacial score (nSPS) is 11.8. The van der Waals surface area contributed by atoms with Crippen LogP contribution in [-0.2, 0) is 0 Å². The molecule has 3 aromatic heterocycles. The lowest BCUT2D eigenvalue weighted by Gasteiger charge is -2.18. The Morgan fingerprint density at radius 1 is 1.13 bits per heavy atom. The molecule has 0 unspecified atom stereocenters. The van der Waals surface area contributed by atoms with Gasteiger partial charge < -0.3 is 9.73 Å². The molecule has 0 saturated heterocycles. The molecular formula is C23H21BrN3O2S+. The number of pyridine rings is 1. The van der Waals surface area contributed by atoms with E-state index in [0.29, 0.717) is 0 Å². The van der Waals surface area contributed by atoms with Gasteiger partial charge in [0.1, 0.15) is 11.0 Å². The molecule has 4 rings (SSSR count). The van der Waals surface area contributed by atoms with E-state index in [1.807, 2.05) is 36.5 Å². The monoisotopic (exact) mass is 482 g/mol. The molecule has 30 heavy (non-hydrogen) atoms. The Kier molecular flexibility index (Phi) is 6.01. The van der Waals surface area contributed by atoms with E-state index in [9.17, 15) is 4.79 Å². The molecule has 1 aromatic carbocycles. The number of rotatable bonds is 6. The van der Waals surface area contributed by atoms with E-state index in [4.69, 9.17) is 4.42 Å². The zero-order valence-electron chi connectivity index (χ0n) is 16.5. The van der Waals surface area contributed by atoms with Gasteiger partial charge >= 0.3 is 0 Å². The van der Waals surface area contributed by atoms with Gasteiger partial charge in [-0.3, -0.25) is 10.1 Å². The number of H-pyrrole nitrogens is 1. The highest BCUT2D eigenvalue weighted by Crippen LogP contribution is 2.41. The van der Waals surface area contributed by atoms with Crippen LogP contribution in [0.2, 0.25) is 0 Å². The molecule has 0 aliphatic rings. The van der Waals surface area contributed by atoms with Gasteiger partial charge in [-0.2, -0.15) is 0 Å². The molecule has 0 spiro atoms. The summed E-state index contributed by atoms with van der Waals surface area (Å²) in [6.07, 6.45) is 3.38. The summed E-state index contributed by atoms with van der Waals surface area (Å²) >= 11 is 5.15. The molecule has 7 heteroatoms. The zero-order valence-corrected chi connectivity index (χ0v) is 18.9. The van der Waals surface area contributed by atoms with Crippen LogP contribution < -0.4 is 15.6 Å². The van der Waals surface area contributed by atoms with Crippen molar-refractivity contribution in [3.63, 3.8) is 0 Å². The van der Waals surface area contributed by atoms with E-state index in [-0.39, 0.29) is 17.7 Å². The van der Waals surface area contributed by atoms with Gasteiger partial charge in [-0.05, 0) is 49.7 Å². The van der Waals surface area contributed by atoms with Crippen molar-refractivity contribution in [2.24, 2.45) is 0 Å². The Labute approximate surface area is 187 Å². The predicted octanol–water partition coefficient (Wildman–Crippen LogP) is 5.99. The number of hydrogen-bond acceptors (Lipinski definition) is 4. The number of aromatic amines is 1. The van der Waals surface area contributed by atoms with E-state index in [1.165, 1.54) is 6.26 Å². The number of anilines is 2. The fourth-order valence-corrected chi connectivity index (χ4v) is 4.82. The zero-order chi connectivity index (χ0) is 21.1. The van der Waals surface area contributed by atoms with Crippen molar-refractivity contribution in [1.29, 1.82) is 0 Å². The SMILES string of the molecule is Cc1sc(NC(=O)c2ccco2)c([C@H](Nc2cccc[nH+]2)c2cccc(Br)c2)c1C. The second-order valence-electron chi connectivity index (χ2n) is 6.87. The first-order chi connectivity index (χ1) is 14.5. The second-order valence-corrected chi connectivity index (χ2v) is 9.01. The van der Waals surface area contributed by atoms with Gasteiger partial charge in [0.15, 0.2) is 5.76 Å². The number of benzene rings is 1. The van der Waals surface area contributed by atoms with Crippen LogP contribution in [0.25, 0.3) is 0 Å². The maximum atomic E-state index is 12.7. The topological polar surface area (TPSA) is 68.4 Å². The number of thiophene rings is 1. The molecule has 3 N–H and O–H groups in total. The van der Waals surface area contributed by atoms with Crippen molar-refractivity contribution < 1.29 is 14.2 Å². The Morgan fingerprint density at radius 2 is 2.00 bits per heavy atom. The summed E-state index contributed by atoms with van der Waals surface area (Å²) < 4.78 is 6.26. The fourth-order valence-electron chi connectivity index (χ4n) is 3.30. The molecule has 0 saturated carbocycles. The molecule has 152 valence electrons. The summed E-state index contributed by atoms with van der Waals surface area (Å²) in [7, 11) is 0. The largest absolute Gasteiger partial charge is 0.459 e. The summed E-state index contributed by atoms with van der Waals surface area (Å²) in [6.45, 7) is 4.16. The van der Waals surface area contributed by atoms with Crippen LogP contribution in [0.15, 0.2) is 75.9 Å². The molecule has 1 amide bonds. The van der Waals surface area contributed by atoms with Crippen molar-refractivity contribution in [2.45, 2.75) is 19.9 Å². The number of furan rings is 1. The van der Waals surface area contributed by atoms with E-state index in [0.717, 1.165) is 36.9 Å². The van der Waals surface area contributed by atoms with Crippen LogP contribution >= 0.6 is 27.3 Å². The average molecular weight is 483 g/mol. The highest BCUT2D eigenvalue weighted by atomic mass is 79.9. The van der Waals surface area contributed by atoms with Crippen molar-refractivity contribution in [3.05, 3.63) is 98.9 Å². The first kappa shape index (κ1) is 20.4. The predicted molar refractivity (Wildman–Crippen MR) is 123 cm³/mol. The smallest absolute Gasteiger partial charge is 0.291 e. The third-order valence-electron chi connectivity index (χ3n) is 4.88. The minimum Gasteiger partial charge on any atom is -0.459 e. The summed E-state index contributed by atoms with van der Waals surface area (Å²) in [5.74, 6) is 0.906. The summed E-state index contributed by atoms with van der Waals surface area (Å²) in [5.41, 5.74) is 3.26. The van der Waals surface area contributed by atoms with Crippen molar-refractivity contribution >= 4 is 44.0 Å². The van der Waals surface area contributed by atoms with Crippen molar-refractivity contribution in [3.8, 4) is 0 Å². The highest BCUT2D eigenvalue weighted by Gasteiger charge is 2.28. The number of carbonyl (C=O) groups is 1. The molecule has 1 atom stereocenters. The van der Waals surface area contributed by atoms with Crippen LogP contribution in [0.5, 0.6) is 0 Å². The van der Waals surface area contributed by atoms with Crippen LogP contribution in [0, 0.1) is 13.8 Å². The average Bonchev–Trinajstić information content (AvgIpc) is 3.37. The first-order valence-electron chi connectivity index (χ1n) is 9.46. The molecule has 0 bridgehead atoms. The van der Waals surface area contributed by atoms with Crippen LogP contribution in [0.1, 0.15) is 38.2 Å². The first-order valence-corrected chi connectivity index (χ1v) is 11.1. The highest BCUT2D eigenvalue weighted by molar-refractivity contribution is 9.10. The Morgan fingerprint density at radius 3 is 2.70 bits per heavy atom. The number of aromatic nitrogens is 1.